The molecule has 2 heterocycles. The highest BCUT2D eigenvalue weighted by Crippen LogP contribution is 2.60. The van der Waals surface area contributed by atoms with Gasteiger partial charge in [-0.2, -0.15) is 0 Å². The minimum absolute atomic E-state index is 0.0356. The Morgan fingerprint density at radius 2 is 1.70 bits per heavy atom. The van der Waals surface area contributed by atoms with Gasteiger partial charge in [-0.1, -0.05) is 0 Å². The van der Waals surface area contributed by atoms with Crippen LogP contribution in [0.15, 0.2) is 12.5 Å². The molecule has 1 saturated heterocycles. The zero-order valence-electron chi connectivity index (χ0n) is 13.8. The van der Waals surface area contributed by atoms with Gasteiger partial charge in [-0.25, -0.2) is 4.98 Å². The molecule has 6 rings (SSSR count). The molecule has 5 aliphatic rings. The first-order valence-electron chi connectivity index (χ1n) is 9.50. The number of carbonyl (C=O) groups is 1. The summed E-state index contributed by atoms with van der Waals surface area (Å²) < 4.78 is 0. The SMILES string of the molecule is O=C(N1CCC(c2c[nH]cn2)CC1)C12CC3CC(CC(C3)C1)C2. The number of likely N-dealkylation sites (tertiary alicyclic amines) is 1. The number of imidazole rings is 1. The molecule has 1 amide bonds. The summed E-state index contributed by atoms with van der Waals surface area (Å²) >= 11 is 0. The standard InChI is InChI=1S/C19H27N3O/c23-18(19-8-13-5-14(9-19)7-15(6-13)10-19)22-3-1-16(2-4-22)17-11-20-12-21-17/h11-16H,1-10H2,(H,20,21). The maximum Gasteiger partial charge on any atom is 0.228 e. The van der Waals surface area contributed by atoms with Crippen molar-refractivity contribution >= 4 is 5.91 Å². The molecule has 4 heteroatoms. The van der Waals surface area contributed by atoms with E-state index in [1.54, 1.807) is 6.33 Å². The maximum atomic E-state index is 13.3. The number of piperidine rings is 1. The quantitative estimate of drug-likeness (QED) is 0.910. The molecule has 0 radical (unpaired) electrons. The molecule has 0 spiro atoms. The van der Waals surface area contributed by atoms with Crippen molar-refractivity contribution in [2.24, 2.45) is 23.2 Å². The van der Waals surface area contributed by atoms with Crippen LogP contribution < -0.4 is 0 Å². The molecule has 1 N–H and O–H groups in total. The Labute approximate surface area is 138 Å². The molecule has 4 bridgehead atoms. The molecule has 1 aromatic heterocycles. The largest absolute Gasteiger partial charge is 0.351 e. The van der Waals surface area contributed by atoms with Gasteiger partial charge in [0.15, 0.2) is 0 Å². The second-order valence-corrected chi connectivity index (χ2v) is 8.76. The average molecular weight is 313 g/mol. The average Bonchev–Trinajstić information content (AvgIpc) is 3.07. The van der Waals surface area contributed by atoms with Gasteiger partial charge in [0.2, 0.25) is 5.91 Å². The summed E-state index contributed by atoms with van der Waals surface area (Å²) in [7, 11) is 0. The van der Waals surface area contributed by atoms with Gasteiger partial charge < -0.3 is 9.88 Å². The number of rotatable bonds is 2. The molecule has 4 aliphatic carbocycles. The molecule has 0 aromatic carbocycles. The van der Waals surface area contributed by atoms with Gasteiger partial charge in [0.05, 0.1) is 17.4 Å². The predicted octanol–water partition coefficient (Wildman–Crippen LogP) is 3.33. The van der Waals surface area contributed by atoms with E-state index in [0.717, 1.165) is 43.7 Å². The molecule has 4 saturated carbocycles. The zero-order valence-corrected chi connectivity index (χ0v) is 13.8. The molecule has 23 heavy (non-hydrogen) atoms. The highest BCUT2D eigenvalue weighted by molar-refractivity contribution is 5.83. The highest BCUT2D eigenvalue weighted by Gasteiger charge is 2.55. The first kappa shape index (κ1) is 14.1. The Morgan fingerprint density at radius 3 is 2.22 bits per heavy atom. The summed E-state index contributed by atoms with van der Waals surface area (Å²) in [5, 5.41) is 0. The third-order valence-corrected chi connectivity index (χ3v) is 7.21. The predicted molar refractivity (Wildman–Crippen MR) is 87.7 cm³/mol. The number of hydrogen-bond acceptors (Lipinski definition) is 2. The van der Waals surface area contributed by atoms with E-state index in [1.165, 1.54) is 44.2 Å². The van der Waals surface area contributed by atoms with Crippen LogP contribution in [0.5, 0.6) is 0 Å². The number of nitrogens with zero attached hydrogens (tertiary/aromatic N) is 2. The molecule has 0 atom stereocenters. The minimum atomic E-state index is 0.0356. The lowest BCUT2D eigenvalue weighted by Gasteiger charge is -2.57. The van der Waals surface area contributed by atoms with Gasteiger partial charge in [0, 0.05) is 25.2 Å². The normalized spacial score (nSPS) is 39.8. The number of H-pyrrole nitrogens is 1. The zero-order chi connectivity index (χ0) is 15.4. The van der Waals surface area contributed by atoms with Gasteiger partial charge >= 0.3 is 0 Å². The van der Waals surface area contributed by atoms with E-state index in [4.69, 9.17) is 0 Å². The Hall–Kier alpha value is -1.32. The van der Waals surface area contributed by atoms with Crippen molar-refractivity contribution in [3.63, 3.8) is 0 Å². The highest BCUT2D eigenvalue weighted by atomic mass is 16.2. The van der Waals surface area contributed by atoms with Crippen LogP contribution >= 0.6 is 0 Å². The molecule has 4 nitrogen and oxygen atoms in total. The number of hydrogen-bond donors (Lipinski definition) is 1. The van der Waals surface area contributed by atoms with Crippen molar-refractivity contribution in [3.8, 4) is 0 Å². The second-order valence-electron chi connectivity index (χ2n) is 8.76. The Bertz CT molecular complexity index is 550. The van der Waals surface area contributed by atoms with Crippen molar-refractivity contribution in [1.82, 2.24) is 14.9 Å². The van der Waals surface area contributed by atoms with E-state index in [0.29, 0.717) is 11.8 Å². The number of amides is 1. The number of carbonyl (C=O) groups excluding carboxylic acids is 1. The van der Waals surface area contributed by atoms with Gasteiger partial charge in [0.25, 0.3) is 0 Å². The fourth-order valence-corrected chi connectivity index (χ4v) is 6.58. The first-order valence-corrected chi connectivity index (χ1v) is 9.50. The molecule has 1 aromatic rings. The molecule has 0 unspecified atom stereocenters. The Kier molecular flexibility index (Phi) is 3.11. The third kappa shape index (κ3) is 2.25. The minimum Gasteiger partial charge on any atom is -0.351 e. The monoisotopic (exact) mass is 313 g/mol. The summed E-state index contributed by atoms with van der Waals surface area (Å²) in [6.07, 6.45) is 13.7. The van der Waals surface area contributed by atoms with Crippen molar-refractivity contribution in [1.29, 1.82) is 0 Å². The topological polar surface area (TPSA) is 49.0 Å². The van der Waals surface area contributed by atoms with Crippen molar-refractivity contribution in [3.05, 3.63) is 18.2 Å². The Balaban J connectivity index is 1.29. The summed E-state index contributed by atoms with van der Waals surface area (Å²) in [6.45, 7) is 1.86. The molecule has 124 valence electrons. The van der Waals surface area contributed by atoms with Gasteiger partial charge in [-0.15, -0.1) is 0 Å². The lowest BCUT2D eigenvalue weighted by atomic mass is 9.49. The molecular weight excluding hydrogens is 286 g/mol. The summed E-state index contributed by atoms with van der Waals surface area (Å²) in [4.78, 5) is 23.0. The van der Waals surface area contributed by atoms with Crippen molar-refractivity contribution in [2.45, 2.75) is 57.3 Å². The van der Waals surface area contributed by atoms with E-state index in [2.05, 4.69) is 14.9 Å². The third-order valence-electron chi connectivity index (χ3n) is 7.21. The van der Waals surface area contributed by atoms with E-state index < -0.39 is 0 Å². The smallest absolute Gasteiger partial charge is 0.228 e. The second kappa shape index (κ2) is 5.09. The molecule has 1 aliphatic heterocycles. The van der Waals surface area contributed by atoms with Gasteiger partial charge in [-0.3, -0.25) is 4.79 Å². The van der Waals surface area contributed by atoms with Crippen LogP contribution in [0.4, 0.5) is 0 Å². The number of aromatic nitrogens is 2. The number of nitrogens with one attached hydrogen (secondary N) is 1. The maximum absolute atomic E-state index is 13.3. The van der Waals surface area contributed by atoms with Crippen LogP contribution in [0.25, 0.3) is 0 Å². The number of aromatic amines is 1. The summed E-state index contributed by atoms with van der Waals surface area (Å²) in [6, 6.07) is 0. The lowest BCUT2D eigenvalue weighted by Crippen LogP contribution is -2.55. The fourth-order valence-electron chi connectivity index (χ4n) is 6.58. The van der Waals surface area contributed by atoms with Crippen molar-refractivity contribution in [2.75, 3.05) is 13.1 Å². The lowest BCUT2D eigenvalue weighted by molar-refractivity contribution is -0.158. The molecular formula is C19H27N3O. The summed E-state index contributed by atoms with van der Waals surface area (Å²) in [5.41, 5.74) is 1.21. The van der Waals surface area contributed by atoms with Crippen LogP contribution in [0.2, 0.25) is 0 Å². The Morgan fingerprint density at radius 1 is 1.09 bits per heavy atom. The van der Waals surface area contributed by atoms with Crippen LogP contribution in [-0.4, -0.2) is 33.9 Å². The van der Waals surface area contributed by atoms with E-state index in [9.17, 15) is 4.79 Å². The molecule has 5 fully saturated rings. The van der Waals surface area contributed by atoms with Crippen LogP contribution in [0.3, 0.4) is 0 Å². The van der Waals surface area contributed by atoms with Crippen molar-refractivity contribution < 1.29 is 4.79 Å². The van der Waals surface area contributed by atoms with E-state index in [-0.39, 0.29) is 5.41 Å². The van der Waals surface area contributed by atoms with Gasteiger partial charge in [-0.05, 0) is 69.1 Å². The fraction of sp³-hybridized carbons (Fsp3) is 0.789. The van der Waals surface area contributed by atoms with Crippen LogP contribution in [-0.2, 0) is 4.79 Å². The summed E-state index contributed by atoms with van der Waals surface area (Å²) in [5.74, 6) is 3.60. The van der Waals surface area contributed by atoms with Gasteiger partial charge in [0.1, 0.15) is 0 Å². The van der Waals surface area contributed by atoms with Crippen LogP contribution in [0.1, 0.15) is 63.0 Å². The van der Waals surface area contributed by atoms with E-state index >= 15 is 0 Å². The first-order chi connectivity index (χ1) is 11.2. The van der Waals surface area contributed by atoms with Crippen LogP contribution in [0, 0.1) is 23.2 Å². The van der Waals surface area contributed by atoms with E-state index in [1.807, 2.05) is 6.20 Å².